The van der Waals surface area contributed by atoms with E-state index in [1.807, 2.05) is 27.7 Å². The Morgan fingerprint density at radius 2 is 1.26 bits per heavy atom. The van der Waals surface area contributed by atoms with Crippen LogP contribution in [0.3, 0.4) is 0 Å². The van der Waals surface area contributed by atoms with E-state index in [1.165, 1.54) is 5.57 Å². The second kappa shape index (κ2) is 7.26. The Labute approximate surface area is 121 Å². The summed E-state index contributed by atoms with van der Waals surface area (Å²) in [4.78, 5) is 11.8. The van der Waals surface area contributed by atoms with Crippen molar-refractivity contribution in [1.82, 2.24) is 0 Å². The maximum Gasteiger partial charge on any atom is 0.137 e. The molecule has 1 aliphatic rings. The fourth-order valence-electron chi connectivity index (χ4n) is 3.53. The van der Waals surface area contributed by atoms with Crippen LogP contribution in [0.5, 0.6) is 0 Å². The van der Waals surface area contributed by atoms with Crippen LogP contribution >= 0.6 is 0 Å². The van der Waals surface area contributed by atoms with Gasteiger partial charge in [-0.3, -0.25) is 4.79 Å². The third kappa shape index (κ3) is 2.66. The molecule has 0 N–H and O–H groups in total. The SMILES string of the molecule is CC.CC.CC/C=C(\C)[C@]1(C)C(C)(C)[C@@]1(C)C(C)=O. The molecule has 19 heavy (non-hydrogen) atoms. The molecule has 0 spiro atoms. The number of carbonyl (C=O) groups is 1. The molecule has 0 aliphatic heterocycles. The summed E-state index contributed by atoms with van der Waals surface area (Å²) in [5, 5.41) is 0. The normalized spacial score (nSPS) is 31.4. The van der Waals surface area contributed by atoms with Gasteiger partial charge < -0.3 is 0 Å². The quantitative estimate of drug-likeness (QED) is 0.570. The van der Waals surface area contributed by atoms with Gasteiger partial charge in [-0.15, -0.1) is 0 Å². The van der Waals surface area contributed by atoms with Gasteiger partial charge in [0, 0.05) is 10.8 Å². The van der Waals surface area contributed by atoms with E-state index in [4.69, 9.17) is 0 Å². The summed E-state index contributed by atoms with van der Waals surface area (Å²) in [6, 6.07) is 0. The van der Waals surface area contributed by atoms with Crippen molar-refractivity contribution in [3.05, 3.63) is 11.6 Å². The fourth-order valence-corrected chi connectivity index (χ4v) is 3.53. The standard InChI is InChI=1S/C14H24O.2C2H6/c1-8-9-10(2)13(6)12(4,5)14(13,7)11(3)15;2*1-2/h9H,8H2,1-7H3;2*1-2H3/b10-9+;;/t13-,14-;;/m1../s1. The van der Waals surface area contributed by atoms with Gasteiger partial charge in [-0.25, -0.2) is 0 Å². The summed E-state index contributed by atoms with van der Waals surface area (Å²) < 4.78 is 0. The molecule has 114 valence electrons. The lowest BCUT2D eigenvalue weighted by Gasteiger charge is -2.17. The molecular formula is C18H36O. The number of hydrogen-bond donors (Lipinski definition) is 0. The lowest BCUT2D eigenvalue weighted by molar-refractivity contribution is -0.123. The Morgan fingerprint density at radius 3 is 1.47 bits per heavy atom. The number of hydrogen-bond acceptors (Lipinski definition) is 1. The van der Waals surface area contributed by atoms with E-state index in [0.29, 0.717) is 5.78 Å². The zero-order valence-corrected chi connectivity index (χ0v) is 15.2. The summed E-state index contributed by atoms with van der Waals surface area (Å²) in [6.45, 7) is 22.8. The van der Waals surface area contributed by atoms with Crippen molar-refractivity contribution < 1.29 is 4.79 Å². The smallest absolute Gasteiger partial charge is 0.137 e. The van der Waals surface area contributed by atoms with Crippen LogP contribution in [0.4, 0.5) is 0 Å². The predicted octanol–water partition coefficient (Wildman–Crippen LogP) is 6.04. The van der Waals surface area contributed by atoms with Gasteiger partial charge in [0.2, 0.25) is 0 Å². The topological polar surface area (TPSA) is 17.1 Å². The Morgan fingerprint density at radius 1 is 0.895 bits per heavy atom. The Kier molecular flexibility index (Phi) is 7.92. The van der Waals surface area contributed by atoms with Crippen molar-refractivity contribution in [2.24, 2.45) is 16.2 Å². The number of ketones is 1. The molecule has 0 radical (unpaired) electrons. The first-order valence-electron chi connectivity index (χ1n) is 7.86. The van der Waals surface area contributed by atoms with Crippen molar-refractivity contribution in [2.45, 2.75) is 82.6 Å². The van der Waals surface area contributed by atoms with Crippen molar-refractivity contribution in [3.8, 4) is 0 Å². The van der Waals surface area contributed by atoms with Gasteiger partial charge in [0.25, 0.3) is 0 Å². The zero-order valence-electron chi connectivity index (χ0n) is 15.2. The van der Waals surface area contributed by atoms with Gasteiger partial charge in [-0.1, -0.05) is 74.0 Å². The molecule has 0 amide bonds. The second-order valence-corrected chi connectivity index (χ2v) is 5.73. The molecule has 0 unspecified atom stereocenters. The highest BCUT2D eigenvalue weighted by Crippen LogP contribution is 2.80. The zero-order chi connectivity index (χ0) is 16.1. The largest absolute Gasteiger partial charge is 0.299 e. The van der Waals surface area contributed by atoms with Crippen LogP contribution in [0.25, 0.3) is 0 Å². The van der Waals surface area contributed by atoms with Crippen molar-refractivity contribution in [2.75, 3.05) is 0 Å². The minimum Gasteiger partial charge on any atom is -0.299 e. The first-order chi connectivity index (χ1) is 8.67. The van der Waals surface area contributed by atoms with E-state index in [-0.39, 0.29) is 16.2 Å². The van der Waals surface area contributed by atoms with Crippen LogP contribution in [0.15, 0.2) is 11.6 Å². The lowest BCUT2D eigenvalue weighted by Crippen LogP contribution is -2.17. The molecule has 1 fully saturated rings. The fraction of sp³-hybridized carbons (Fsp3) is 0.833. The highest BCUT2D eigenvalue weighted by molar-refractivity contribution is 5.89. The van der Waals surface area contributed by atoms with E-state index in [2.05, 4.69) is 47.6 Å². The maximum atomic E-state index is 11.8. The van der Waals surface area contributed by atoms with Crippen molar-refractivity contribution in [3.63, 3.8) is 0 Å². The molecule has 0 aromatic heterocycles. The highest BCUT2D eigenvalue weighted by atomic mass is 16.1. The lowest BCUT2D eigenvalue weighted by atomic mass is 9.86. The molecule has 1 rings (SSSR count). The molecule has 0 saturated heterocycles. The van der Waals surface area contributed by atoms with Gasteiger partial charge in [0.1, 0.15) is 5.78 Å². The third-order valence-electron chi connectivity index (χ3n) is 5.44. The number of carbonyl (C=O) groups excluding carboxylic acids is 1. The van der Waals surface area contributed by atoms with Gasteiger partial charge in [-0.05, 0) is 25.7 Å². The van der Waals surface area contributed by atoms with Gasteiger partial charge in [0.05, 0.1) is 0 Å². The van der Waals surface area contributed by atoms with E-state index in [0.717, 1.165) is 6.42 Å². The highest BCUT2D eigenvalue weighted by Gasteiger charge is 2.79. The molecule has 2 atom stereocenters. The summed E-state index contributed by atoms with van der Waals surface area (Å²) >= 11 is 0. The van der Waals surface area contributed by atoms with Gasteiger partial charge in [0.15, 0.2) is 0 Å². The van der Waals surface area contributed by atoms with E-state index < -0.39 is 0 Å². The minimum absolute atomic E-state index is 0.0435. The Hall–Kier alpha value is -0.590. The summed E-state index contributed by atoms with van der Waals surface area (Å²) in [6.07, 6.45) is 3.31. The molecule has 0 aromatic carbocycles. The van der Waals surface area contributed by atoms with E-state index >= 15 is 0 Å². The monoisotopic (exact) mass is 268 g/mol. The molecule has 0 aromatic rings. The minimum atomic E-state index is -0.185. The predicted molar refractivity (Wildman–Crippen MR) is 87.4 cm³/mol. The first kappa shape index (κ1) is 20.7. The van der Waals surface area contributed by atoms with Crippen LogP contribution in [-0.4, -0.2) is 5.78 Å². The molecule has 0 heterocycles. The number of Topliss-reactive ketones (excluding diaryl/α,β-unsaturated/α-hetero) is 1. The average molecular weight is 268 g/mol. The summed E-state index contributed by atoms with van der Waals surface area (Å²) in [5.41, 5.74) is 1.31. The summed E-state index contributed by atoms with van der Waals surface area (Å²) in [5.74, 6) is 0.318. The van der Waals surface area contributed by atoms with Crippen LogP contribution in [0.2, 0.25) is 0 Å². The van der Waals surface area contributed by atoms with Crippen molar-refractivity contribution >= 4 is 5.78 Å². The van der Waals surface area contributed by atoms with E-state index in [9.17, 15) is 4.79 Å². The molecule has 1 nitrogen and oxygen atoms in total. The molecule has 0 bridgehead atoms. The number of allylic oxidation sites excluding steroid dienone is 2. The molecule has 1 saturated carbocycles. The second-order valence-electron chi connectivity index (χ2n) is 5.73. The number of rotatable bonds is 3. The Bertz CT molecular complexity index is 325. The third-order valence-corrected chi connectivity index (χ3v) is 5.44. The van der Waals surface area contributed by atoms with Gasteiger partial charge >= 0.3 is 0 Å². The summed E-state index contributed by atoms with van der Waals surface area (Å²) in [7, 11) is 0. The van der Waals surface area contributed by atoms with Gasteiger partial charge in [-0.2, -0.15) is 0 Å². The average Bonchev–Trinajstić information content (AvgIpc) is 2.76. The Balaban J connectivity index is 0. The van der Waals surface area contributed by atoms with Crippen molar-refractivity contribution in [1.29, 1.82) is 0 Å². The van der Waals surface area contributed by atoms with Crippen LogP contribution in [-0.2, 0) is 4.79 Å². The molecule has 1 aliphatic carbocycles. The molecule has 1 heteroatoms. The molecular weight excluding hydrogens is 232 g/mol. The van der Waals surface area contributed by atoms with Crippen LogP contribution in [0.1, 0.15) is 82.6 Å². The maximum absolute atomic E-state index is 11.8. The van der Waals surface area contributed by atoms with Crippen LogP contribution in [0, 0.1) is 16.2 Å². The van der Waals surface area contributed by atoms with E-state index in [1.54, 1.807) is 6.92 Å². The first-order valence-corrected chi connectivity index (χ1v) is 7.86. The van der Waals surface area contributed by atoms with Crippen LogP contribution < -0.4 is 0 Å².